The van der Waals surface area contributed by atoms with Gasteiger partial charge in [-0.05, 0) is 56.7 Å². The lowest BCUT2D eigenvalue weighted by Crippen LogP contribution is -2.35. The van der Waals surface area contributed by atoms with E-state index in [2.05, 4.69) is 5.10 Å². The second-order valence-electron chi connectivity index (χ2n) is 8.32. The van der Waals surface area contributed by atoms with E-state index in [1.807, 2.05) is 49.7 Å². The van der Waals surface area contributed by atoms with E-state index in [0.29, 0.717) is 30.6 Å². The summed E-state index contributed by atoms with van der Waals surface area (Å²) in [4.78, 5) is 20.2. The molecule has 0 fully saturated rings. The quantitative estimate of drug-likeness (QED) is 0.334. The van der Waals surface area contributed by atoms with Gasteiger partial charge in [0, 0.05) is 18.5 Å². The Labute approximate surface area is 209 Å². The van der Waals surface area contributed by atoms with Crippen LogP contribution in [0.4, 0.5) is 5.13 Å². The Hall–Kier alpha value is -3.24. The average molecular weight is 513 g/mol. The number of amides is 1. The molecule has 0 bridgehead atoms. The number of hydrogen-bond acceptors (Lipinski definition) is 7. The highest BCUT2D eigenvalue weighted by molar-refractivity contribution is 7.90. The lowest BCUT2D eigenvalue weighted by molar-refractivity contribution is -0.118. The number of rotatable bonds is 9. The third-order valence-corrected chi connectivity index (χ3v) is 7.72. The Kier molecular flexibility index (Phi) is 7.23. The smallest absolute Gasteiger partial charge is 0.233 e. The van der Waals surface area contributed by atoms with Crippen molar-refractivity contribution in [3.63, 3.8) is 0 Å². The van der Waals surface area contributed by atoms with Gasteiger partial charge in [-0.3, -0.25) is 14.4 Å². The summed E-state index contributed by atoms with van der Waals surface area (Å²) in [7, 11) is -3.30. The van der Waals surface area contributed by atoms with E-state index in [1.54, 1.807) is 17.0 Å². The van der Waals surface area contributed by atoms with Crippen LogP contribution in [0.5, 0.6) is 5.75 Å². The van der Waals surface area contributed by atoms with Gasteiger partial charge in [0.2, 0.25) is 5.91 Å². The second kappa shape index (κ2) is 10.2. The molecule has 0 aliphatic rings. The molecule has 2 aromatic heterocycles. The van der Waals surface area contributed by atoms with Gasteiger partial charge in [-0.1, -0.05) is 29.5 Å². The average Bonchev–Trinajstić information content (AvgIpc) is 3.37. The van der Waals surface area contributed by atoms with Gasteiger partial charge in [-0.15, -0.1) is 0 Å². The molecular weight excluding hydrogens is 484 g/mol. The minimum absolute atomic E-state index is 0.120. The van der Waals surface area contributed by atoms with E-state index in [9.17, 15) is 13.2 Å². The van der Waals surface area contributed by atoms with Gasteiger partial charge in [0.05, 0.1) is 34.9 Å². The van der Waals surface area contributed by atoms with Crippen molar-refractivity contribution in [2.45, 2.75) is 38.6 Å². The summed E-state index contributed by atoms with van der Waals surface area (Å²) >= 11 is 1.44. The van der Waals surface area contributed by atoms with E-state index < -0.39 is 9.84 Å². The number of fused-ring (bicyclic) bond motifs is 1. The normalized spacial score (nSPS) is 11.7. The molecule has 0 spiro atoms. The third-order valence-electron chi connectivity index (χ3n) is 5.55. The van der Waals surface area contributed by atoms with Crippen molar-refractivity contribution in [1.82, 2.24) is 14.8 Å². The number of carbonyl (C=O) groups excluding carboxylic acids is 1. The molecule has 184 valence electrons. The molecule has 0 N–H and O–H groups in total. The lowest BCUT2D eigenvalue weighted by atomic mass is 10.1. The molecule has 1 amide bonds. The summed E-state index contributed by atoms with van der Waals surface area (Å²) in [6, 6.07) is 14.2. The van der Waals surface area contributed by atoms with Gasteiger partial charge < -0.3 is 4.74 Å². The number of sulfone groups is 1. The standard InChI is InChI=1S/C25H28N4O4S2/c1-5-33-21-7-6-8-22-24(21)26-25(34-22)28(13-14-29-18(3)15-17(2)27-29)23(30)16-19-9-11-20(12-10-19)35(4,31)32/h6-12,15H,5,13-14,16H2,1-4H3. The fourth-order valence-corrected chi connectivity index (χ4v) is 5.50. The van der Waals surface area contributed by atoms with Crippen molar-refractivity contribution >= 4 is 42.4 Å². The van der Waals surface area contributed by atoms with Gasteiger partial charge in [-0.2, -0.15) is 5.10 Å². The lowest BCUT2D eigenvalue weighted by Gasteiger charge is -2.20. The first-order valence-corrected chi connectivity index (χ1v) is 14.0. The van der Waals surface area contributed by atoms with Gasteiger partial charge in [0.15, 0.2) is 15.0 Å². The summed E-state index contributed by atoms with van der Waals surface area (Å²) in [6.07, 6.45) is 1.28. The van der Waals surface area contributed by atoms with Crippen molar-refractivity contribution in [3.8, 4) is 5.75 Å². The molecule has 0 saturated heterocycles. The maximum atomic E-state index is 13.5. The van der Waals surface area contributed by atoms with Crippen LogP contribution in [0.15, 0.2) is 53.4 Å². The van der Waals surface area contributed by atoms with Crippen molar-refractivity contribution < 1.29 is 17.9 Å². The molecule has 10 heteroatoms. The number of thiazole rings is 1. The zero-order valence-electron chi connectivity index (χ0n) is 20.2. The SMILES string of the molecule is CCOc1cccc2sc(N(CCn3nc(C)cc3C)C(=O)Cc3ccc(S(C)(=O)=O)cc3)nc12. The highest BCUT2D eigenvalue weighted by Gasteiger charge is 2.22. The van der Waals surface area contributed by atoms with Gasteiger partial charge >= 0.3 is 0 Å². The summed E-state index contributed by atoms with van der Waals surface area (Å²) < 4.78 is 32.1. The topological polar surface area (TPSA) is 94.4 Å². The predicted molar refractivity (Wildman–Crippen MR) is 138 cm³/mol. The van der Waals surface area contributed by atoms with Crippen LogP contribution in [0, 0.1) is 13.8 Å². The van der Waals surface area contributed by atoms with E-state index in [1.165, 1.54) is 23.5 Å². The summed E-state index contributed by atoms with van der Waals surface area (Å²) in [6.45, 7) is 7.29. The summed E-state index contributed by atoms with van der Waals surface area (Å²) in [5.41, 5.74) is 3.41. The molecule has 4 rings (SSSR count). The first-order chi connectivity index (χ1) is 16.7. The number of para-hydroxylation sites is 1. The fraction of sp³-hybridized carbons (Fsp3) is 0.320. The molecule has 4 aromatic rings. The molecule has 2 heterocycles. The maximum absolute atomic E-state index is 13.5. The number of nitrogens with zero attached hydrogens (tertiary/aromatic N) is 4. The minimum Gasteiger partial charge on any atom is -0.492 e. The molecule has 0 aliphatic heterocycles. The van der Waals surface area contributed by atoms with Crippen LogP contribution in [0.2, 0.25) is 0 Å². The van der Waals surface area contributed by atoms with Crippen LogP contribution >= 0.6 is 11.3 Å². The van der Waals surface area contributed by atoms with Gasteiger partial charge in [0.1, 0.15) is 11.3 Å². The Morgan fingerprint density at radius 1 is 1.14 bits per heavy atom. The zero-order chi connectivity index (χ0) is 25.2. The van der Waals surface area contributed by atoms with E-state index in [4.69, 9.17) is 9.72 Å². The highest BCUT2D eigenvalue weighted by atomic mass is 32.2. The first-order valence-electron chi connectivity index (χ1n) is 11.3. The Bertz CT molecular complexity index is 1460. The van der Waals surface area contributed by atoms with Crippen LogP contribution < -0.4 is 9.64 Å². The van der Waals surface area contributed by atoms with Crippen LogP contribution in [-0.4, -0.2) is 48.5 Å². The summed E-state index contributed by atoms with van der Waals surface area (Å²) in [5, 5.41) is 5.11. The number of hydrogen-bond donors (Lipinski definition) is 0. The first kappa shape index (κ1) is 24.9. The Morgan fingerprint density at radius 2 is 1.89 bits per heavy atom. The fourth-order valence-electron chi connectivity index (χ4n) is 3.85. The second-order valence-corrected chi connectivity index (χ2v) is 11.3. The molecule has 0 radical (unpaired) electrons. The Balaban J connectivity index is 1.64. The number of aromatic nitrogens is 3. The molecule has 2 aromatic carbocycles. The van der Waals surface area contributed by atoms with Crippen LogP contribution in [-0.2, 0) is 27.6 Å². The van der Waals surface area contributed by atoms with Crippen molar-refractivity contribution in [3.05, 3.63) is 65.5 Å². The molecular formula is C25H28N4O4S2. The summed E-state index contributed by atoms with van der Waals surface area (Å²) in [5.74, 6) is 0.561. The molecule has 0 saturated carbocycles. The monoisotopic (exact) mass is 512 g/mol. The maximum Gasteiger partial charge on any atom is 0.233 e. The number of anilines is 1. The van der Waals surface area contributed by atoms with E-state index in [0.717, 1.165) is 33.4 Å². The third kappa shape index (κ3) is 5.71. The van der Waals surface area contributed by atoms with Crippen molar-refractivity contribution in [2.24, 2.45) is 0 Å². The van der Waals surface area contributed by atoms with Gasteiger partial charge in [-0.25, -0.2) is 13.4 Å². The van der Waals surface area contributed by atoms with Crippen LogP contribution in [0.3, 0.4) is 0 Å². The van der Waals surface area contributed by atoms with Crippen LogP contribution in [0.1, 0.15) is 23.9 Å². The number of ether oxygens (including phenoxy) is 1. The number of aryl methyl sites for hydroxylation is 2. The molecule has 35 heavy (non-hydrogen) atoms. The molecule has 0 atom stereocenters. The van der Waals surface area contributed by atoms with Crippen molar-refractivity contribution in [2.75, 3.05) is 24.3 Å². The molecule has 8 nitrogen and oxygen atoms in total. The van der Waals surface area contributed by atoms with Crippen LogP contribution in [0.25, 0.3) is 10.2 Å². The van der Waals surface area contributed by atoms with E-state index in [-0.39, 0.29) is 17.2 Å². The number of benzene rings is 2. The van der Waals surface area contributed by atoms with Crippen molar-refractivity contribution in [1.29, 1.82) is 0 Å². The Morgan fingerprint density at radius 3 is 2.51 bits per heavy atom. The molecule has 0 unspecified atom stereocenters. The highest BCUT2D eigenvalue weighted by Crippen LogP contribution is 2.34. The zero-order valence-corrected chi connectivity index (χ0v) is 21.8. The van der Waals surface area contributed by atoms with Gasteiger partial charge in [0.25, 0.3) is 0 Å². The minimum atomic E-state index is -3.30. The number of carbonyl (C=O) groups is 1. The molecule has 0 aliphatic carbocycles. The van der Waals surface area contributed by atoms with E-state index >= 15 is 0 Å². The largest absolute Gasteiger partial charge is 0.492 e. The predicted octanol–water partition coefficient (Wildman–Crippen LogP) is 4.19.